The third-order valence-corrected chi connectivity index (χ3v) is 5.72. The monoisotopic (exact) mass is 438 g/mol. The van der Waals surface area contributed by atoms with Gasteiger partial charge in [-0.15, -0.1) is 0 Å². The molecule has 1 aliphatic heterocycles. The Hall–Kier alpha value is -2.10. The summed E-state index contributed by atoms with van der Waals surface area (Å²) in [4.78, 5) is 12.1. The summed E-state index contributed by atoms with van der Waals surface area (Å²) in [5.74, 6) is -0.321. The molecule has 0 atom stereocenters. The highest BCUT2D eigenvalue weighted by Crippen LogP contribution is 2.32. The van der Waals surface area contributed by atoms with Crippen molar-refractivity contribution in [3.63, 3.8) is 0 Å². The molecule has 3 rings (SSSR count). The van der Waals surface area contributed by atoms with Crippen molar-refractivity contribution in [2.45, 2.75) is 4.90 Å². The Morgan fingerprint density at radius 3 is 2.52 bits per heavy atom. The topological polar surface area (TPSA) is 96.3 Å². The predicted molar refractivity (Wildman–Crippen MR) is 99.8 cm³/mol. The molecule has 128 valence electrons. The number of rotatable bonds is 4. The minimum Gasteiger partial charge on any atom is -0.378 e. The van der Waals surface area contributed by atoms with E-state index in [2.05, 4.69) is 21.2 Å². The van der Waals surface area contributed by atoms with E-state index in [0.29, 0.717) is 10.0 Å². The summed E-state index contributed by atoms with van der Waals surface area (Å²) in [5, 5.41) is 9.86. The number of nitrogens with one attached hydrogen (secondary N) is 2. The Morgan fingerprint density at radius 2 is 1.88 bits per heavy atom. The van der Waals surface area contributed by atoms with E-state index in [1.165, 1.54) is 24.3 Å². The van der Waals surface area contributed by atoms with Crippen molar-refractivity contribution in [2.24, 2.45) is 0 Å². The number of carbonyl (C=O) groups is 1. The second-order valence-corrected chi connectivity index (χ2v) is 8.44. The summed E-state index contributed by atoms with van der Waals surface area (Å²) in [5.41, 5.74) is 0.404. The highest BCUT2D eigenvalue weighted by Gasteiger charge is 2.24. The van der Waals surface area contributed by atoms with Crippen LogP contribution in [0, 0.1) is 5.41 Å². The van der Waals surface area contributed by atoms with Gasteiger partial charge in [-0.2, -0.15) is 8.42 Å². The van der Waals surface area contributed by atoms with Crippen LogP contribution >= 0.6 is 27.7 Å². The average molecular weight is 439 g/mol. The summed E-state index contributed by atoms with van der Waals surface area (Å²) < 4.78 is 30.8. The molecule has 0 saturated carbocycles. The first-order valence-corrected chi connectivity index (χ1v) is 9.95. The van der Waals surface area contributed by atoms with E-state index >= 15 is 0 Å². The summed E-state index contributed by atoms with van der Waals surface area (Å²) in [6.07, 6.45) is 1.49. The fraction of sp³-hybridized carbons (Fsp3) is 0. The second kappa shape index (κ2) is 7.03. The molecule has 2 N–H and O–H groups in total. The summed E-state index contributed by atoms with van der Waals surface area (Å²) in [6, 6.07) is 12.6. The van der Waals surface area contributed by atoms with Crippen LogP contribution in [0.1, 0.15) is 5.56 Å². The lowest BCUT2D eigenvalue weighted by molar-refractivity contribution is -0.115. The Kier molecular flexibility index (Phi) is 4.98. The number of amidine groups is 1. The van der Waals surface area contributed by atoms with Gasteiger partial charge < -0.3 is 9.50 Å². The van der Waals surface area contributed by atoms with Crippen molar-refractivity contribution in [3.05, 3.63) is 63.5 Å². The maximum atomic E-state index is 12.4. The zero-order valence-electron chi connectivity index (χ0n) is 12.5. The first kappa shape index (κ1) is 17.7. The Balaban J connectivity index is 1.99. The molecule has 0 aromatic heterocycles. The average Bonchev–Trinajstić information content (AvgIpc) is 2.88. The molecule has 9 heteroatoms. The highest BCUT2D eigenvalue weighted by molar-refractivity contribution is 9.10. The van der Waals surface area contributed by atoms with E-state index in [1.807, 2.05) is 0 Å². The fourth-order valence-electron chi connectivity index (χ4n) is 2.04. The van der Waals surface area contributed by atoms with E-state index in [1.54, 1.807) is 30.3 Å². The van der Waals surface area contributed by atoms with Crippen LogP contribution in [-0.4, -0.2) is 19.5 Å². The summed E-state index contributed by atoms with van der Waals surface area (Å²) in [7, 11) is -4.00. The van der Waals surface area contributed by atoms with Crippen LogP contribution in [0.2, 0.25) is 0 Å². The Labute approximate surface area is 157 Å². The van der Waals surface area contributed by atoms with Gasteiger partial charge in [0.05, 0.1) is 4.91 Å². The lowest BCUT2D eigenvalue weighted by atomic mass is 10.2. The van der Waals surface area contributed by atoms with Crippen molar-refractivity contribution >= 4 is 55.0 Å². The number of carbonyl (C=O) groups excluding carboxylic acids is 1. The molecule has 6 nitrogen and oxygen atoms in total. The number of benzene rings is 2. The lowest BCUT2D eigenvalue weighted by Crippen LogP contribution is -2.18. The molecule has 1 aliphatic rings. The molecule has 25 heavy (non-hydrogen) atoms. The largest absolute Gasteiger partial charge is 0.378 e. The third-order valence-electron chi connectivity index (χ3n) is 3.15. The number of thioether (sulfide) groups is 1. The molecule has 1 fully saturated rings. The quantitative estimate of drug-likeness (QED) is 0.563. The summed E-state index contributed by atoms with van der Waals surface area (Å²) >= 11 is 4.27. The van der Waals surface area contributed by atoms with E-state index < -0.39 is 16.0 Å². The first-order chi connectivity index (χ1) is 11.8. The molecular formula is C16H11BrN2O4S2. The van der Waals surface area contributed by atoms with Crippen molar-refractivity contribution in [3.8, 4) is 5.75 Å². The Morgan fingerprint density at radius 1 is 1.16 bits per heavy atom. The van der Waals surface area contributed by atoms with Gasteiger partial charge in [0.1, 0.15) is 10.6 Å². The van der Waals surface area contributed by atoms with Crippen LogP contribution < -0.4 is 9.50 Å². The van der Waals surface area contributed by atoms with Crippen LogP contribution in [0.25, 0.3) is 6.08 Å². The standard InChI is InChI=1S/C16H11BrN2O4S2/c17-11-6-7-13(23-25(21,22)12-4-2-1-3-5-12)10(8-11)9-14-15(20)19-16(18)24-14/h1-9H,(H2,18,19,20)/b14-9-. The van der Waals surface area contributed by atoms with Gasteiger partial charge in [-0.25, -0.2) is 0 Å². The van der Waals surface area contributed by atoms with Gasteiger partial charge in [-0.05, 0) is 48.2 Å². The van der Waals surface area contributed by atoms with Gasteiger partial charge in [0.15, 0.2) is 5.17 Å². The smallest absolute Gasteiger partial charge is 0.339 e. The molecule has 0 spiro atoms. The van der Waals surface area contributed by atoms with Gasteiger partial charge in [0, 0.05) is 10.0 Å². The number of hydrogen-bond donors (Lipinski definition) is 2. The van der Waals surface area contributed by atoms with Crippen molar-refractivity contribution < 1.29 is 17.4 Å². The number of hydrogen-bond acceptors (Lipinski definition) is 6. The van der Waals surface area contributed by atoms with E-state index in [4.69, 9.17) is 9.59 Å². The highest BCUT2D eigenvalue weighted by atomic mass is 79.9. The Bertz CT molecular complexity index is 988. The van der Waals surface area contributed by atoms with Gasteiger partial charge >= 0.3 is 10.1 Å². The van der Waals surface area contributed by atoms with E-state index in [-0.39, 0.29) is 20.7 Å². The molecule has 2 aromatic carbocycles. The molecule has 2 aromatic rings. The molecular weight excluding hydrogens is 428 g/mol. The summed E-state index contributed by atoms with van der Waals surface area (Å²) in [6.45, 7) is 0. The maximum Gasteiger partial charge on any atom is 0.339 e. The van der Waals surface area contributed by atoms with Crippen molar-refractivity contribution in [1.29, 1.82) is 5.41 Å². The SMILES string of the molecule is N=C1NC(=O)/C(=C/c2cc(Br)ccc2OS(=O)(=O)c2ccccc2)S1. The molecule has 0 bridgehead atoms. The molecule has 0 radical (unpaired) electrons. The molecule has 0 aliphatic carbocycles. The van der Waals surface area contributed by atoms with Crippen molar-refractivity contribution in [1.82, 2.24) is 5.32 Å². The van der Waals surface area contributed by atoms with Crippen molar-refractivity contribution in [2.75, 3.05) is 0 Å². The molecule has 1 heterocycles. The minimum atomic E-state index is -4.00. The molecule has 1 saturated heterocycles. The van der Waals surface area contributed by atoms with Gasteiger partial charge in [0.25, 0.3) is 5.91 Å². The third kappa shape index (κ3) is 4.12. The number of halogens is 1. The molecule has 0 unspecified atom stereocenters. The normalized spacial score (nSPS) is 16.1. The zero-order valence-corrected chi connectivity index (χ0v) is 15.7. The van der Waals surface area contributed by atoms with Crippen LogP contribution in [0.15, 0.2) is 62.8 Å². The van der Waals surface area contributed by atoms with Crippen LogP contribution in [0.5, 0.6) is 5.75 Å². The zero-order chi connectivity index (χ0) is 18.0. The van der Waals surface area contributed by atoms with E-state index in [0.717, 1.165) is 11.8 Å². The maximum absolute atomic E-state index is 12.4. The molecule has 1 amide bonds. The fourth-order valence-corrected chi connectivity index (χ4v) is 4.09. The number of amides is 1. The second-order valence-electron chi connectivity index (χ2n) is 4.93. The lowest BCUT2D eigenvalue weighted by Gasteiger charge is -2.10. The predicted octanol–water partition coefficient (Wildman–Crippen LogP) is 3.36. The van der Waals surface area contributed by atoms with Crippen LogP contribution in [-0.2, 0) is 14.9 Å². The van der Waals surface area contributed by atoms with Crippen LogP contribution in [0.3, 0.4) is 0 Å². The van der Waals surface area contributed by atoms with E-state index in [9.17, 15) is 13.2 Å². The van der Waals surface area contributed by atoms with Gasteiger partial charge in [-0.1, -0.05) is 34.1 Å². The van der Waals surface area contributed by atoms with Crippen LogP contribution in [0.4, 0.5) is 0 Å². The first-order valence-electron chi connectivity index (χ1n) is 6.94. The minimum absolute atomic E-state index is 0.0191. The van der Waals surface area contributed by atoms with Gasteiger partial charge in [0.2, 0.25) is 0 Å². The van der Waals surface area contributed by atoms with Gasteiger partial charge in [-0.3, -0.25) is 10.2 Å².